The minimum Gasteiger partial charge on any atom is -0.482 e. The number of nitrogens with one attached hydrogen (secondary N) is 1. The van der Waals surface area contributed by atoms with Crippen LogP contribution in [0.1, 0.15) is 26.0 Å². The fourth-order valence-electron chi connectivity index (χ4n) is 1.16. The molecule has 0 spiro atoms. The molecule has 1 unspecified atom stereocenters. The van der Waals surface area contributed by atoms with Crippen molar-refractivity contribution in [3.8, 4) is 5.75 Å². The minimum absolute atomic E-state index is 0.0233. The molecule has 0 radical (unpaired) electrons. The van der Waals surface area contributed by atoms with Crippen LogP contribution in [0.3, 0.4) is 0 Å². The lowest BCUT2D eigenvalue weighted by Crippen LogP contribution is -2.35. The van der Waals surface area contributed by atoms with Crippen LogP contribution in [0.4, 0.5) is 0 Å². The van der Waals surface area contributed by atoms with Crippen LogP contribution < -0.4 is 10.1 Å². The number of nitrogens with zero attached hydrogens (tertiary/aromatic N) is 1. The normalized spacial score (nSPS) is 11.9. The largest absolute Gasteiger partial charge is 0.482 e. The van der Waals surface area contributed by atoms with Crippen LogP contribution in [0, 0.1) is 0 Å². The maximum Gasteiger partial charge on any atom is 0.258 e. The van der Waals surface area contributed by atoms with E-state index in [2.05, 4.69) is 10.3 Å². The maximum atomic E-state index is 11.4. The van der Waals surface area contributed by atoms with E-state index in [0.717, 1.165) is 6.42 Å². The maximum absolute atomic E-state index is 11.4. The SMILES string of the molecule is CCC(C)NC(=O)COc1ccc(CO)nc1. The Morgan fingerprint density at radius 3 is 2.88 bits per heavy atom. The van der Waals surface area contributed by atoms with Gasteiger partial charge in [-0.15, -0.1) is 0 Å². The van der Waals surface area contributed by atoms with E-state index < -0.39 is 0 Å². The van der Waals surface area contributed by atoms with E-state index in [1.54, 1.807) is 12.1 Å². The Bertz CT molecular complexity index is 351. The van der Waals surface area contributed by atoms with Crippen LogP contribution >= 0.6 is 0 Å². The van der Waals surface area contributed by atoms with Crippen molar-refractivity contribution in [1.82, 2.24) is 10.3 Å². The Morgan fingerprint density at radius 1 is 1.59 bits per heavy atom. The van der Waals surface area contributed by atoms with Crippen molar-refractivity contribution in [2.75, 3.05) is 6.61 Å². The molecular formula is C12H18N2O3. The van der Waals surface area contributed by atoms with Gasteiger partial charge in [0.2, 0.25) is 0 Å². The van der Waals surface area contributed by atoms with E-state index in [1.165, 1.54) is 6.20 Å². The fraction of sp³-hybridized carbons (Fsp3) is 0.500. The first-order valence-electron chi connectivity index (χ1n) is 5.63. The molecular weight excluding hydrogens is 220 g/mol. The first kappa shape index (κ1) is 13.4. The van der Waals surface area contributed by atoms with Gasteiger partial charge < -0.3 is 15.2 Å². The summed E-state index contributed by atoms with van der Waals surface area (Å²) in [7, 11) is 0. The van der Waals surface area contributed by atoms with Gasteiger partial charge in [-0.1, -0.05) is 6.92 Å². The van der Waals surface area contributed by atoms with E-state index in [9.17, 15) is 4.79 Å². The molecule has 1 aromatic heterocycles. The monoisotopic (exact) mass is 238 g/mol. The second-order valence-electron chi connectivity index (χ2n) is 3.81. The topological polar surface area (TPSA) is 71.5 Å². The number of hydrogen-bond donors (Lipinski definition) is 2. The van der Waals surface area contributed by atoms with Crippen molar-refractivity contribution < 1.29 is 14.6 Å². The molecule has 17 heavy (non-hydrogen) atoms. The molecule has 0 aliphatic heterocycles. The third-order valence-electron chi connectivity index (χ3n) is 2.35. The third kappa shape index (κ3) is 4.82. The number of carbonyl (C=O) groups is 1. The zero-order chi connectivity index (χ0) is 12.7. The van der Waals surface area contributed by atoms with Gasteiger partial charge in [0, 0.05) is 6.04 Å². The smallest absolute Gasteiger partial charge is 0.258 e. The molecule has 0 saturated heterocycles. The molecule has 5 heteroatoms. The highest BCUT2D eigenvalue weighted by molar-refractivity contribution is 5.77. The zero-order valence-electron chi connectivity index (χ0n) is 10.1. The lowest BCUT2D eigenvalue weighted by atomic mass is 10.2. The highest BCUT2D eigenvalue weighted by Crippen LogP contribution is 2.08. The summed E-state index contributed by atoms with van der Waals surface area (Å²) in [4.78, 5) is 15.4. The van der Waals surface area contributed by atoms with Gasteiger partial charge in [-0.3, -0.25) is 9.78 Å². The quantitative estimate of drug-likeness (QED) is 0.771. The third-order valence-corrected chi connectivity index (χ3v) is 2.35. The molecule has 0 aromatic carbocycles. The predicted octanol–water partition coefficient (Wildman–Crippen LogP) is 0.867. The lowest BCUT2D eigenvalue weighted by molar-refractivity contribution is -0.123. The summed E-state index contributed by atoms with van der Waals surface area (Å²) >= 11 is 0. The van der Waals surface area contributed by atoms with Gasteiger partial charge in [0.05, 0.1) is 18.5 Å². The van der Waals surface area contributed by atoms with Crippen molar-refractivity contribution in [2.24, 2.45) is 0 Å². The number of hydrogen-bond acceptors (Lipinski definition) is 4. The van der Waals surface area contributed by atoms with E-state index in [-0.39, 0.29) is 25.2 Å². The van der Waals surface area contributed by atoms with Gasteiger partial charge >= 0.3 is 0 Å². The van der Waals surface area contributed by atoms with E-state index >= 15 is 0 Å². The van der Waals surface area contributed by atoms with Crippen LogP contribution in [0.25, 0.3) is 0 Å². The Hall–Kier alpha value is -1.62. The van der Waals surface area contributed by atoms with Crippen molar-refractivity contribution in [3.05, 3.63) is 24.0 Å². The summed E-state index contributed by atoms with van der Waals surface area (Å²) in [5.41, 5.74) is 0.571. The van der Waals surface area contributed by atoms with E-state index in [0.29, 0.717) is 11.4 Å². The van der Waals surface area contributed by atoms with Crippen LogP contribution in [0.2, 0.25) is 0 Å². The van der Waals surface area contributed by atoms with Gasteiger partial charge in [0.15, 0.2) is 6.61 Å². The van der Waals surface area contributed by atoms with E-state index in [1.807, 2.05) is 13.8 Å². The molecule has 0 bridgehead atoms. The second kappa shape index (κ2) is 6.85. The second-order valence-corrected chi connectivity index (χ2v) is 3.81. The van der Waals surface area contributed by atoms with Gasteiger partial charge in [0.25, 0.3) is 5.91 Å². The molecule has 0 aliphatic rings. The summed E-state index contributed by atoms with van der Waals surface area (Å²) in [5.74, 6) is 0.368. The van der Waals surface area contributed by atoms with Crippen molar-refractivity contribution in [2.45, 2.75) is 32.9 Å². The molecule has 1 atom stereocenters. The number of rotatable bonds is 6. The van der Waals surface area contributed by atoms with Gasteiger partial charge in [-0.05, 0) is 25.5 Å². The number of ether oxygens (including phenoxy) is 1. The van der Waals surface area contributed by atoms with Crippen LogP contribution in [-0.4, -0.2) is 28.6 Å². The Morgan fingerprint density at radius 2 is 2.35 bits per heavy atom. The number of aromatic nitrogens is 1. The van der Waals surface area contributed by atoms with Gasteiger partial charge in [0.1, 0.15) is 5.75 Å². The number of carbonyl (C=O) groups excluding carboxylic acids is 1. The number of pyridine rings is 1. The van der Waals surface area contributed by atoms with Crippen molar-refractivity contribution in [1.29, 1.82) is 0 Å². The first-order valence-corrected chi connectivity index (χ1v) is 5.63. The average molecular weight is 238 g/mol. The Labute approximate surface area is 101 Å². The first-order chi connectivity index (χ1) is 8.15. The molecule has 0 aliphatic carbocycles. The molecule has 0 fully saturated rings. The molecule has 1 rings (SSSR count). The van der Waals surface area contributed by atoms with E-state index in [4.69, 9.17) is 9.84 Å². The molecule has 1 aromatic rings. The lowest BCUT2D eigenvalue weighted by Gasteiger charge is -2.11. The van der Waals surface area contributed by atoms with Gasteiger partial charge in [-0.2, -0.15) is 0 Å². The number of aliphatic hydroxyl groups excluding tert-OH is 1. The predicted molar refractivity (Wildman–Crippen MR) is 63.6 cm³/mol. The van der Waals surface area contributed by atoms with Crippen molar-refractivity contribution in [3.63, 3.8) is 0 Å². The van der Waals surface area contributed by atoms with Crippen LogP contribution in [-0.2, 0) is 11.4 Å². The Kier molecular flexibility index (Phi) is 5.42. The minimum atomic E-state index is -0.148. The number of amides is 1. The summed E-state index contributed by atoms with van der Waals surface area (Å²) in [6.45, 7) is 3.82. The molecule has 94 valence electrons. The summed E-state index contributed by atoms with van der Waals surface area (Å²) in [6.07, 6.45) is 2.38. The molecule has 0 saturated carbocycles. The summed E-state index contributed by atoms with van der Waals surface area (Å²) in [5, 5.41) is 11.6. The highest BCUT2D eigenvalue weighted by Gasteiger charge is 2.06. The number of aliphatic hydroxyl groups is 1. The molecule has 5 nitrogen and oxygen atoms in total. The Balaban J connectivity index is 2.36. The molecule has 1 heterocycles. The zero-order valence-corrected chi connectivity index (χ0v) is 10.1. The van der Waals surface area contributed by atoms with Gasteiger partial charge in [-0.25, -0.2) is 0 Å². The molecule has 1 amide bonds. The standard InChI is InChI=1S/C12H18N2O3/c1-3-9(2)14-12(16)8-17-11-5-4-10(7-15)13-6-11/h4-6,9,15H,3,7-8H2,1-2H3,(H,14,16). The van der Waals surface area contributed by atoms with Crippen LogP contribution in [0.15, 0.2) is 18.3 Å². The summed E-state index contributed by atoms with van der Waals surface area (Å²) < 4.78 is 5.26. The van der Waals surface area contributed by atoms with Crippen molar-refractivity contribution >= 4 is 5.91 Å². The van der Waals surface area contributed by atoms with Crippen LogP contribution in [0.5, 0.6) is 5.75 Å². The summed E-state index contributed by atoms with van der Waals surface area (Å²) in [6, 6.07) is 3.48. The highest BCUT2D eigenvalue weighted by atomic mass is 16.5. The molecule has 2 N–H and O–H groups in total. The fourth-order valence-corrected chi connectivity index (χ4v) is 1.16. The average Bonchev–Trinajstić information content (AvgIpc) is 2.36.